The molecule has 0 aromatic heterocycles. The molecule has 0 radical (unpaired) electrons. The first-order chi connectivity index (χ1) is 16.6. The first-order valence-electron chi connectivity index (χ1n) is 13.5. The smallest absolute Gasteiger partial charge is 0.00388 e. The summed E-state index contributed by atoms with van der Waals surface area (Å²) in [5, 5.41) is 0. The third-order valence-electron chi connectivity index (χ3n) is 10.0. The van der Waals surface area contributed by atoms with Crippen molar-refractivity contribution in [3.8, 4) is 0 Å². The van der Waals surface area contributed by atoms with Gasteiger partial charge in [-0.2, -0.15) is 0 Å². The first kappa shape index (κ1) is 21.9. The molecule has 0 saturated heterocycles. The molecule has 3 aromatic rings. The molecular formula is C34H38. The molecule has 2 saturated carbocycles. The summed E-state index contributed by atoms with van der Waals surface area (Å²) in [4.78, 5) is 0. The Morgan fingerprint density at radius 2 is 1.38 bits per heavy atom. The summed E-state index contributed by atoms with van der Waals surface area (Å²) in [5.41, 5.74) is 8.19. The molecule has 0 unspecified atom stereocenters. The second kappa shape index (κ2) is 8.56. The van der Waals surface area contributed by atoms with Crippen LogP contribution < -0.4 is 0 Å². The zero-order chi connectivity index (χ0) is 23.2. The zero-order valence-electron chi connectivity index (χ0n) is 20.8. The third-order valence-corrected chi connectivity index (χ3v) is 10.0. The van der Waals surface area contributed by atoms with E-state index in [9.17, 15) is 0 Å². The number of allylic oxidation sites excluding steroid dienone is 1. The average Bonchev–Trinajstić information content (AvgIpc) is 2.88. The van der Waals surface area contributed by atoms with E-state index in [1.54, 1.807) is 11.1 Å². The van der Waals surface area contributed by atoms with Crippen molar-refractivity contribution in [3.63, 3.8) is 0 Å². The Bertz CT molecular complexity index is 1130. The molecule has 34 heavy (non-hydrogen) atoms. The van der Waals surface area contributed by atoms with Gasteiger partial charge < -0.3 is 0 Å². The lowest BCUT2D eigenvalue weighted by molar-refractivity contribution is -0.0716. The molecule has 2 fully saturated rings. The van der Waals surface area contributed by atoms with E-state index in [0.29, 0.717) is 16.7 Å². The molecule has 0 N–H and O–H groups in total. The fourth-order valence-corrected chi connectivity index (χ4v) is 8.50. The van der Waals surface area contributed by atoms with Crippen molar-refractivity contribution in [1.82, 2.24) is 0 Å². The van der Waals surface area contributed by atoms with E-state index < -0.39 is 0 Å². The number of hydrogen-bond donors (Lipinski definition) is 0. The van der Waals surface area contributed by atoms with Gasteiger partial charge in [-0.05, 0) is 94.9 Å². The maximum Gasteiger partial charge on any atom is -0.00388 e. The van der Waals surface area contributed by atoms with Crippen LogP contribution in [0.1, 0.15) is 74.6 Å². The predicted molar refractivity (Wildman–Crippen MR) is 144 cm³/mol. The highest BCUT2D eigenvalue weighted by Crippen LogP contribution is 2.64. The van der Waals surface area contributed by atoms with E-state index in [0.717, 1.165) is 11.8 Å². The molecule has 0 heterocycles. The van der Waals surface area contributed by atoms with Gasteiger partial charge in [-0.1, -0.05) is 111 Å². The van der Waals surface area contributed by atoms with Gasteiger partial charge in [0.05, 0.1) is 0 Å². The molecule has 0 bridgehead atoms. The van der Waals surface area contributed by atoms with Gasteiger partial charge in [-0.3, -0.25) is 0 Å². The largest absolute Gasteiger partial charge is 0.0726 e. The van der Waals surface area contributed by atoms with Crippen molar-refractivity contribution in [2.75, 3.05) is 0 Å². The molecule has 6 rings (SSSR count). The summed E-state index contributed by atoms with van der Waals surface area (Å²) in [6.07, 6.45) is 12.1. The summed E-state index contributed by atoms with van der Waals surface area (Å²) < 4.78 is 0. The van der Waals surface area contributed by atoms with E-state index >= 15 is 0 Å². The summed E-state index contributed by atoms with van der Waals surface area (Å²) >= 11 is 0. The molecule has 3 aromatic carbocycles. The molecule has 174 valence electrons. The number of hydrogen-bond acceptors (Lipinski definition) is 0. The van der Waals surface area contributed by atoms with Crippen LogP contribution in [0.15, 0.2) is 91.0 Å². The number of benzene rings is 3. The van der Waals surface area contributed by atoms with Crippen LogP contribution >= 0.6 is 0 Å². The van der Waals surface area contributed by atoms with Gasteiger partial charge in [0, 0.05) is 0 Å². The van der Waals surface area contributed by atoms with Crippen molar-refractivity contribution in [3.05, 3.63) is 113 Å². The van der Waals surface area contributed by atoms with Crippen molar-refractivity contribution in [1.29, 1.82) is 0 Å². The Labute approximate surface area is 206 Å². The highest BCUT2D eigenvalue weighted by Gasteiger charge is 2.57. The van der Waals surface area contributed by atoms with E-state index in [2.05, 4.69) is 105 Å². The van der Waals surface area contributed by atoms with Gasteiger partial charge >= 0.3 is 0 Å². The second-order valence-electron chi connectivity index (χ2n) is 11.7. The summed E-state index contributed by atoms with van der Waals surface area (Å²) in [6, 6.07) is 31.5. The summed E-state index contributed by atoms with van der Waals surface area (Å²) in [6.45, 7) is 5.29. The Kier molecular flexibility index (Phi) is 5.51. The Hall–Kier alpha value is -2.60. The van der Waals surface area contributed by atoms with Crippen molar-refractivity contribution < 1.29 is 0 Å². The van der Waals surface area contributed by atoms with Crippen molar-refractivity contribution in [2.45, 2.75) is 64.2 Å². The van der Waals surface area contributed by atoms with Crippen LogP contribution in [0.2, 0.25) is 0 Å². The van der Waals surface area contributed by atoms with Crippen molar-refractivity contribution in [2.24, 2.45) is 23.2 Å². The molecule has 0 spiro atoms. The Morgan fingerprint density at radius 3 is 2.09 bits per heavy atom. The molecule has 0 aliphatic heterocycles. The fourth-order valence-electron chi connectivity index (χ4n) is 8.50. The van der Waals surface area contributed by atoms with Crippen LogP contribution in [0.25, 0.3) is 5.57 Å². The topological polar surface area (TPSA) is 0 Å². The molecule has 0 nitrogen and oxygen atoms in total. The maximum atomic E-state index is 2.69. The quantitative estimate of drug-likeness (QED) is 0.377. The minimum absolute atomic E-state index is 0.341. The van der Waals surface area contributed by atoms with E-state index in [1.165, 1.54) is 61.6 Å². The van der Waals surface area contributed by atoms with Gasteiger partial charge in [0.2, 0.25) is 0 Å². The predicted octanol–water partition coefficient (Wildman–Crippen LogP) is 8.86. The second-order valence-corrected chi connectivity index (χ2v) is 11.7. The first-order valence-corrected chi connectivity index (χ1v) is 13.5. The average molecular weight is 447 g/mol. The maximum absolute atomic E-state index is 2.69. The third kappa shape index (κ3) is 3.49. The zero-order valence-corrected chi connectivity index (χ0v) is 20.8. The highest BCUT2D eigenvalue weighted by atomic mass is 14.6. The van der Waals surface area contributed by atoms with Crippen LogP contribution in [-0.2, 0) is 11.8 Å². The van der Waals surface area contributed by atoms with Gasteiger partial charge in [-0.25, -0.2) is 0 Å². The lowest BCUT2D eigenvalue weighted by Crippen LogP contribution is -2.55. The Balaban J connectivity index is 1.40. The van der Waals surface area contributed by atoms with E-state index in [-0.39, 0.29) is 0 Å². The van der Waals surface area contributed by atoms with Gasteiger partial charge in [-0.15, -0.1) is 0 Å². The van der Waals surface area contributed by atoms with Crippen LogP contribution in [0.4, 0.5) is 0 Å². The summed E-state index contributed by atoms with van der Waals surface area (Å²) in [7, 11) is 0. The number of aryl methyl sites for hydroxylation is 1. The van der Waals surface area contributed by atoms with Gasteiger partial charge in [0.1, 0.15) is 0 Å². The standard InChI is InChI=1S/C34H38/c1-33-22-11-17-28(24-29(25-12-5-3-6-13-25)26-14-7-4-8-15-26)31(33)21-23-34(2)30-18-10-9-16-27(30)19-20-32(33)34/h3-10,12-16,18,24,28,31-32H,11,17,19-23H2,1-2H3/t28-,31+,32+,33-,34-/m1/s1. The van der Waals surface area contributed by atoms with Crippen molar-refractivity contribution >= 4 is 5.57 Å². The van der Waals surface area contributed by atoms with E-state index in [4.69, 9.17) is 0 Å². The van der Waals surface area contributed by atoms with E-state index in [1.807, 2.05) is 0 Å². The lowest BCUT2D eigenvalue weighted by atomic mass is 9.43. The van der Waals surface area contributed by atoms with Crippen LogP contribution in [0.5, 0.6) is 0 Å². The normalized spacial score (nSPS) is 32.1. The Morgan fingerprint density at radius 1 is 0.735 bits per heavy atom. The molecule has 3 aliphatic carbocycles. The van der Waals surface area contributed by atoms with Crippen LogP contribution in [-0.4, -0.2) is 0 Å². The van der Waals surface area contributed by atoms with Gasteiger partial charge in [0.15, 0.2) is 0 Å². The molecule has 3 aliphatic rings. The molecule has 5 atom stereocenters. The molecule has 0 amide bonds. The fraction of sp³-hybridized carbons (Fsp3) is 0.412. The van der Waals surface area contributed by atoms with Gasteiger partial charge in [0.25, 0.3) is 0 Å². The number of rotatable bonds is 3. The van der Waals surface area contributed by atoms with Crippen LogP contribution in [0.3, 0.4) is 0 Å². The minimum atomic E-state index is 0.341. The summed E-state index contributed by atoms with van der Waals surface area (Å²) in [5.74, 6) is 2.24. The number of fused-ring (bicyclic) bond motifs is 5. The SMILES string of the molecule is C[C@@]12CCC[C@H](C=C(c3ccccc3)c3ccccc3)[C@@H]1CC[C@]1(C)c3ccccc3CC[C@@H]21. The lowest BCUT2D eigenvalue weighted by Gasteiger charge is -2.62. The minimum Gasteiger partial charge on any atom is -0.0726 e. The molecule has 0 heteroatoms. The highest BCUT2D eigenvalue weighted by molar-refractivity contribution is 5.79. The monoisotopic (exact) mass is 446 g/mol. The van der Waals surface area contributed by atoms with Crippen LogP contribution in [0, 0.1) is 23.2 Å². The molecular weight excluding hydrogens is 408 g/mol.